The molecule has 0 aliphatic heterocycles. The van der Waals surface area contributed by atoms with E-state index in [1.807, 2.05) is 0 Å². The van der Waals surface area contributed by atoms with Crippen LogP contribution in [0.4, 0.5) is 0 Å². The average molecular weight is 159 g/mol. The van der Waals surface area contributed by atoms with Gasteiger partial charge in [0.25, 0.3) is 0 Å². The number of ether oxygens (including phenoxy) is 1. The molecule has 2 heteroatoms. The molecule has 0 fully saturated rings. The fraction of sp³-hybridized carbons (Fsp3) is 1.00. The fourth-order valence-electron chi connectivity index (χ4n) is 0.673. The average Bonchev–Trinajstić information content (AvgIpc) is 1.87. The van der Waals surface area contributed by atoms with Crippen molar-refractivity contribution < 1.29 is 4.74 Å². The molecule has 0 aromatic rings. The van der Waals surface area contributed by atoms with Crippen molar-refractivity contribution >= 4 is 0 Å². The smallest absolute Gasteiger partial charge is 0.0518 e. The Morgan fingerprint density at radius 3 is 2.27 bits per heavy atom. The minimum atomic E-state index is 0.231. The van der Waals surface area contributed by atoms with Crippen molar-refractivity contribution in [3.05, 3.63) is 0 Å². The summed E-state index contributed by atoms with van der Waals surface area (Å²) in [5.41, 5.74) is 5.80. The minimum Gasteiger partial charge on any atom is -0.379 e. The second kappa shape index (κ2) is 4.73. The molecule has 0 aliphatic carbocycles. The quantitative estimate of drug-likeness (QED) is 0.663. The van der Waals surface area contributed by atoms with E-state index in [1.54, 1.807) is 0 Å². The Bertz CT molecular complexity index is 99.7. The van der Waals surface area contributed by atoms with Crippen molar-refractivity contribution in [3.63, 3.8) is 0 Å². The Balaban J connectivity index is 3.38. The van der Waals surface area contributed by atoms with Gasteiger partial charge >= 0.3 is 0 Å². The molecule has 2 N–H and O–H groups in total. The van der Waals surface area contributed by atoms with Crippen molar-refractivity contribution in [2.24, 2.45) is 11.1 Å². The molecule has 0 spiro atoms. The van der Waals surface area contributed by atoms with Crippen LogP contribution in [0.15, 0.2) is 0 Å². The molecule has 0 amide bonds. The fourth-order valence-corrected chi connectivity index (χ4v) is 0.673. The van der Waals surface area contributed by atoms with Crippen LogP contribution in [0.1, 0.15) is 34.1 Å². The van der Waals surface area contributed by atoms with Crippen LogP contribution < -0.4 is 5.73 Å². The molecular weight excluding hydrogens is 138 g/mol. The van der Waals surface area contributed by atoms with Gasteiger partial charge in [-0.15, -0.1) is 0 Å². The maximum atomic E-state index is 5.57. The SMILES string of the molecule is CC(C)OCCC(C)(C)CN. The lowest BCUT2D eigenvalue weighted by Crippen LogP contribution is -2.25. The van der Waals surface area contributed by atoms with Crippen molar-refractivity contribution in [3.8, 4) is 0 Å². The summed E-state index contributed by atoms with van der Waals surface area (Å²) in [6.07, 6.45) is 1.38. The Hall–Kier alpha value is -0.0800. The van der Waals surface area contributed by atoms with Crippen LogP contribution in [-0.4, -0.2) is 19.3 Å². The van der Waals surface area contributed by atoms with E-state index in [0.717, 1.165) is 19.6 Å². The molecule has 0 unspecified atom stereocenters. The van der Waals surface area contributed by atoms with Crippen LogP contribution in [-0.2, 0) is 4.74 Å². The van der Waals surface area contributed by atoms with E-state index in [9.17, 15) is 0 Å². The van der Waals surface area contributed by atoms with Crippen molar-refractivity contribution in [2.75, 3.05) is 13.2 Å². The summed E-state index contributed by atoms with van der Waals surface area (Å²) < 4.78 is 5.42. The van der Waals surface area contributed by atoms with Crippen molar-refractivity contribution in [1.82, 2.24) is 0 Å². The largest absolute Gasteiger partial charge is 0.379 e. The highest BCUT2D eigenvalue weighted by Crippen LogP contribution is 2.17. The van der Waals surface area contributed by atoms with Crippen molar-refractivity contribution in [1.29, 1.82) is 0 Å². The summed E-state index contributed by atoms with van der Waals surface area (Å²) in [4.78, 5) is 0. The van der Waals surface area contributed by atoms with Crippen LogP contribution in [0, 0.1) is 5.41 Å². The van der Waals surface area contributed by atoms with Gasteiger partial charge < -0.3 is 10.5 Å². The van der Waals surface area contributed by atoms with E-state index < -0.39 is 0 Å². The minimum absolute atomic E-state index is 0.231. The first-order valence-corrected chi connectivity index (χ1v) is 4.29. The summed E-state index contributed by atoms with van der Waals surface area (Å²) in [5.74, 6) is 0. The maximum Gasteiger partial charge on any atom is 0.0518 e. The van der Waals surface area contributed by atoms with E-state index in [2.05, 4.69) is 27.7 Å². The number of hydrogen-bond donors (Lipinski definition) is 1. The molecule has 2 nitrogen and oxygen atoms in total. The topological polar surface area (TPSA) is 35.2 Å². The molecular formula is C9H21NO. The zero-order chi connectivity index (χ0) is 8.91. The van der Waals surface area contributed by atoms with Gasteiger partial charge in [0.1, 0.15) is 0 Å². The first kappa shape index (κ1) is 10.9. The van der Waals surface area contributed by atoms with Gasteiger partial charge in [-0.3, -0.25) is 0 Å². The maximum absolute atomic E-state index is 5.57. The van der Waals surface area contributed by atoms with Crippen LogP contribution in [0.5, 0.6) is 0 Å². The lowest BCUT2D eigenvalue weighted by molar-refractivity contribution is 0.0588. The number of nitrogens with two attached hydrogens (primary N) is 1. The summed E-state index contributed by atoms with van der Waals surface area (Å²) in [6, 6.07) is 0. The molecule has 0 bridgehead atoms. The molecule has 0 aromatic heterocycles. The lowest BCUT2D eigenvalue weighted by atomic mass is 9.90. The molecule has 0 aliphatic rings. The van der Waals surface area contributed by atoms with Crippen LogP contribution >= 0.6 is 0 Å². The Kier molecular flexibility index (Phi) is 4.69. The van der Waals surface area contributed by atoms with Crippen LogP contribution in [0.2, 0.25) is 0 Å². The molecule has 0 rings (SSSR count). The summed E-state index contributed by atoms with van der Waals surface area (Å²) in [6.45, 7) is 9.98. The summed E-state index contributed by atoms with van der Waals surface area (Å²) >= 11 is 0. The molecule has 0 atom stereocenters. The monoisotopic (exact) mass is 159 g/mol. The predicted octanol–water partition coefficient (Wildman–Crippen LogP) is 1.79. The van der Waals surface area contributed by atoms with Gasteiger partial charge in [-0.1, -0.05) is 13.8 Å². The van der Waals surface area contributed by atoms with E-state index in [1.165, 1.54) is 0 Å². The second-order valence-corrected chi connectivity index (χ2v) is 4.04. The number of hydrogen-bond acceptors (Lipinski definition) is 2. The van der Waals surface area contributed by atoms with Crippen LogP contribution in [0.3, 0.4) is 0 Å². The zero-order valence-corrected chi connectivity index (χ0v) is 8.18. The highest BCUT2D eigenvalue weighted by molar-refractivity contribution is 4.68. The number of rotatable bonds is 5. The van der Waals surface area contributed by atoms with Gasteiger partial charge in [-0.2, -0.15) is 0 Å². The van der Waals surface area contributed by atoms with E-state index >= 15 is 0 Å². The molecule has 0 aromatic carbocycles. The zero-order valence-electron chi connectivity index (χ0n) is 8.18. The van der Waals surface area contributed by atoms with Gasteiger partial charge in [0.2, 0.25) is 0 Å². The molecule has 0 saturated carbocycles. The summed E-state index contributed by atoms with van der Waals surface area (Å²) in [7, 11) is 0. The van der Waals surface area contributed by atoms with Gasteiger partial charge in [0, 0.05) is 6.61 Å². The molecule has 0 heterocycles. The lowest BCUT2D eigenvalue weighted by Gasteiger charge is -2.22. The highest BCUT2D eigenvalue weighted by Gasteiger charge is 2.14. The third-order valence-electron chi connectivity index (χ3n) is 1.78. The Morgan fingerprint density at radius 2 is 1.91 bits per heavy atom. The second-order valence-electron chi connectivity index (χ2n) is 4.04. The first-order valence-electron chi connectivity index (χ1n) is 4.29. The third-order valence-corrected chi connectivity index (χ3v) is 1.78. The molecule has 68 valence electrons. The van der Waals surface area contributed by atoms with Gasteiger partial charge in [-0.25, -0.2) is 0 Å². The Labute approximate surface area is 70.1 Å². The third kappa shape index (κ3) is 6.32. The highest BCUT2D eigenvalue weighted by atomic mass is 16.5. The van der Waals surface area contributed by atoms with E-state index in [4.69, 9.17) is 10.5 Å². The normalized spacial score (nSPS) is 12.5. The van der Waals surface area contributed by atoms with Gasteiger partial charge in [-0.05, 0) is 32.2 Å². The van der Waals surface area contributed by atoms with E-state index in [0.29, 0.717) is 6.10 Å². The Morgan fingerprint density at radius 1 is 1.36 bits per heavy atom. The van der Waals surface area contributed by atoms with Crippen LogP contribution in [0.25, 0.3) is 0 Å². The molecule has 0 saturated heterocycles. The van der Waals surface area contributed by atoms with Crippen molar-refractivity contribution in [2.45, 2.75) is 40.2 Å². The van der Waals surface area contributed by atoms with Gasteiger partial charge in [0.05, 0.1) is 6.10 Å². The van der Waals surface area contributed by atoms with Gasteiger partial charge in [0.15, 0.2) is 0 Å². The standard InChI is InChI=1S/C9H21NO/c1-8(2)11-6-5-9(3,4)7-10/h8H,5-7,10H2,1-4H3. The van der Waals surface area contributed by atoms with E-state index in [-0.39, 0.29) is 5.41 Å². The molecule has 0 radical (unpaired) electrons. The first-order chi connectivity index (χ1) is 4.98. The molecule has 11 heavy (non-hydrogen) atoms. The predicted molar refractivity (Wildman–Crippen MR) is 48.5 cm³/mol. The summed E-state index contributed by atoms with van der Waals surface area (Å²) in [5, 5.41) is 0.